The van der Waals surface area contributed by atoms with Crippen molar-refractivity contribution in [2.45, 2.75) is 13.8 Å². The third kappa shape index (κ3) is 4.24. The van der Waals surface area contributed by atoms with Crippen LogP contribution in [0.4, 0.5) is 5.00 Å². The van der Waals surface area contributed by atoms with Crippen molar-refractivity contribution < 1.29 is 19.1 Å². The van der Waals surface area contributed by atoms with E-state index in [4.69, 9.17) is 21.7 Å². The third-order valence-corrected chi connectivity index (χ3v) is 5.14. The van der Waals surface area contributed by atoms with Crippen LogP contribution in [0.3, 0.4) is 0 Å². The molecule has 0 aliphatic rings. The van der Waals surface area contributed by atoms with Gasteiger partial charge in [0.25, 0.3) is 5.91 Å². The van der Waals surface area contributed by atoms with Crippen molar-refractivity contribution in [3.63, 3.8) is 0 Å². The zero-order chi connectivity index (χ0) is 20.1. The molecule has 140 valence electrons. The number of carbonyl (C=O) groups excluding carboxylic acids is 2. The average molecular weight is 403 g/mol. The van der Waals surface area contributed by atoms with Gasteiger partial charge in [0, 0.05) is 0 Å². The average Bonchev–Trinajstić information content (AvgIpc) is 2.95. The number of benzene rings is 1. The van der Waals surface area contributed by atoms with Gasteiger partial charge in [-0.15, -0.1) is 11.3 Å². The number of anilines is 1. The van der Waals surface area contributed by atoms with Gasteiger partial charge >= 0.3 is 5.97 Å². The largest absolute Gasteiger partial charge is 0.496 e. The van der Waals surface area contributed by atoms with Gasteiger partial charge in [-0.25, -0.2) is 4.79 Å². The van der Waals surface area contributed by atoms with Crippen LogP contribution in [0.25, 0.3) is 0 Å². The lowest BCUT2D eigenvalue weighted by molar-refractivity contribution is 0.0605. The molecule has 0 aliphatic heterocycles. The smallest absolute Gasteiger partial charge is 0.348 e. The second-order valence-corrected chi connectivity index (χ2v) is 6.86. The number of methoxy groups -OCH3 is 2. The molecule has 1 aromatic carbocycles. The Morgan fingerprint density at radius 2 is 1.96 bits per heavy atom. The lowest BCUT2D eigenvalue weighted by Crippen LogP contribution is -2.34. The summed E-state index contributed by atoms with van der Waals surface area (Å²) in [5, 5.41) is 15.1. The summed E-state index contributed by atoms with van der Waals surface area (Å²) < 4.78 is 9.99. The molecule has 0 saturated carbocycles. The molecule has 1 amide bonds. The highest BCUT2D eigenvalue weighted by molar-refractivity contribution is 7.80. The van der Waals surface area contributed by atoms with E-state index in [0.29, 0.717) is 26.8 Å². The maximum absolute atomic E-state index is 12.5. The zero-order valence-corrected chi connectivity index (χ0v) is 16.8. The van der Waals surface area contributed by atoms with Crippen molar-refractivity contribution in [2.75, 3.05) is 19.5 Å². The fraction of sp³-hybridized carbons (Fsp3) is 0.222. The monoisotopic (exact) mass is 403 g/mol. The van der Waals surface area contributed by atoms with E-state index in [2.05, 4.69) is 10.6 Å². The summed E-state index contributed by atoms with van der Waals surface area (Å²) in [4.78, 5) is 24.6. The lowest BCUT2D eigenvalue weighted by atomic mass is 10.1. The number of hydrogen-bond donors (Lipinski definition) is 2. The van der Waals surface area contributed by atoms with E-state index >= 15 is 0 Å². The highest BCUT2D eigenvalue weighted by Gasteiger charge is 2.22. The molecule has 2 aromatic rings. The molecular formula is C18H17N3O4S2. The number of thiophene rings is 1. The number of ether oxygens (including phenoxy) is 2. The number of nitriles is 1. The maximum atomic E-state index is 12.5. The Kier molecular flexibility index (Phi) is 6.50. The lowest BCUT2D eigenvalue weighted by Gasteiger charge is -2.12. The van der Waals surface area contributed by atoms with Crippen LogP contribution in [0.5, 0.6) is 5.75 Å². The predicted octanol–water partition coefficient (Wildman–Crippen LogP) is 3.16. The minimum absolute atomic E-state index is 0.00211. The van der Waals surface area contributed by atoms with Crippen molar-refractivity contribution in [1.82, 2.24) is 5.32 Å². The summed E-state index contributed by atoms with van der Waals surface area (Å²) in [6, 6.07) is 7.21. The summed E-state index contributed by atoms with van der Waals surface area (Å²) in [6.45, 7) is 3.47. The van der Waals surface area contributed by atoms with Gasteiger partial charge in [0.2, 0.25) is 0 Å². The van der Waals surface area contributed by atoms with E-state index < -0.39 is 11.9 Å². The SMILES string of the molecule is COC(=O)c1sc(NC(=S)NC(=O)c2cccc(C)c2OC)c(C#N)c1C. The number of hydrogen-bond acceptors (Lipinski definition) is 7. The third-order valence-electron chi connectivity index (χ3n) is 3.74. The Bertz CT molecular complexity index is 960. The molecule has 0 unspecified atom stereocenters. The Balaban J connectivity index is 2.22. The Morgan fingerprint density at radius 1 is 1.26 bits per heavy atom. The zero-order valence-electron chi connectivity index (χ0n) is 15.1. The number of esters is 1. The van der Waals surface area contributed by atoms with E-state index in [0.717, 1.165) is 16.9 Å². The fourth-order valence-corrected chi connectivity index (χ4v) is 3.77. The van der Waals surface area contributed by atoms with Crippen LogP contribution in [0.2, 0.25) is 0 Å². The molecule has 1 aromatic heterocycles. The van der Waals surface area contributed by atoms with Crippen molar-refractivity contribution in [1.29, 1.82) is 5.26 Å². The number of nitrogens with one attached hydrogen (secondary N) is 2. The van der Waals surface area contributed by atoms with Crippen LogP contribution >= 0.6 is 23.6 Å². The van der Waals surface area contributed by atoms with E-state index in [1.54, 1.807) is 19.1 Å². The van der Waals surface area contributed by atoms with Crippen LogP contribution in [-0.4, -0.2) is 31.2 Å². The first-order chi connectivity index (χ1) is 12.8. The molecule has 0 bridgehead atoms. The van der Waals surface area contributed by atoms with E-state index in [-0.39, 0.29) is 10.7 Å². The molecule has 7 nitrogen and oxygen atoms in total. The first kappa shape index (κ1) is 20.4. The molecule has 1 heterocycles. The van der Waals surface area contributed by atoms with Crippen molar-refractivity contribution in [3.05, 3.63) is 45.3 Å². The number of thiocarbonyl (C=S) groups is 1. The molecule has 9 heteroatoms. The highest BCUT2D eigenvalue weighted by Crippen LogP contribution is 2.33. The quantitative estimate of drug-likeness (QED) is 0.597. The fourth-order valence-electron chi connectivity index (χ4n) is 2.43. The van der Waals surface area contributed by atoms with Gasteiger partial charge in [-0.05, 0) is 43.3 Å². The van der Waals surface area contributed by atoms with Gasteiger partial charge in [0.05, 0.1) is 25.3 Å². The van der Waals surface area contributed by atoms with E-state index in [1.807, 2.05) is 19.1 Å². The topological polar surface area (TPSA) is 100 Å². The molecule has 0 aliphatic carbocycles. The molecule has 2 rings (SSSR count). The number of carbonyl (C=O) groups is 2. The summed E-state index contributed by atoms with van der Waals surface area (Å²) in [5.74, 6) is -0.537. The standard InChI is InChI=1S/C18H17N3O4S2/c1-9-6-5-7-11(13(9)24-3)15(22)20-18(26)21-16-12(8-19)10(2)14(27-16)17(23)25-4/h5-7H,1-4H3,(H2,20,21,22,26). The first-order valence-corrected chi connectivity index (χ1v) is 8.94. The maximum Gasteiger partial charge on any atom is 0.348 e. The molecule has 0 saturated heterocycles. The van der Waals surface area contributed by atoms with Gasteiger partial charge in [0.15, 0.2) is 5.11 Å². The van der Waals surface area contributed by atoms with Gasteiger partial charge in [-0.3, -0.25) is 10.1 Å². The van der Waals surface area contributed by atoms with Gasteiger partial charge in [-0.2, -0.15) is 5.26 Å². The normalized spacial score (nSPS) is 9.89. The number of amides is 1. The number of aryl methyl sites for hydroxylation is 1. The summed E-state index contributed by atoms with van der Waals surface area (Å²) >= 11 is 6.21. The number of para-hydroxylation sites is 1. The first-order valence-electron chi connectivity index (χ1n) is 7.71. The second kappa shape index (κ2) is 8.62. The molecule has 0 atom stereocenters. The van der Waals surface area contributed by atoms with Crippen LogP contribution in [-0.2, 0) is 4.74 Å². The summed E-state index contributed by atoms with van der Waals surface area (Å²) in [7, 11) is 2.75. The molecule has 0 spiro atoms. The molecule has 0 fully saturated rings. The minimum Gasteiger partial charge on any atom is -0.496 e. The summed E-state index contributed by atoms with van der Waals surface area (Å²) in [6.07, 6.45) is 0. The van der Waals surface area contributed by atoms with Crippen LogP contribution in [0.15, 0.2) is 18.2 Å². The highest BCUT2D eigenvalue weighted by atomic mass is 32.1. The molecular weight excluding hydrogens is 386 g/mol. The Hall–Kier alpha value is -2.96. The predicted molar refractivity (Wildman–Crippen MR) is 107 cm³/mol. The Labute approximate surface area is 165 Å². The van der Waals surface area contributed by atoms with Crippen molar-refractivity contribution in [2.24, 2.45) is 0 Å². The van der Waals surface area contributed by atoms with Crippen LogP contribution in [0, 0.1) is 25.2 Å². The Morgan fingerprint density at radius 3 is 2.56 bits per heavy atom. The summed E-state index contributed by atoms with van der Waals surface area (Å²) in [5.41, 5.74) is 1.91. The molecule has 27 heavy (non-hydrogen) atoms. The molecule has 0 radical (unpaired) electrons. The van der Waals surface area contributed by atoms with Crippen molar-refractivity contribution in [3.8, 4) is 11.8 Å². The van der Waals surface area contributed by atoms with Crippen LogP contribution < -0.4 is 15.4 Å². The van der Waals surface area contributed by atoms with Gasteiger partial charge < -0.3 is 14.8 Å². The van der Waals surface area contributed by atoms with Gasteiger partial charge in [0.1, 0.15) is 21.7 Å². The van der Waals surface area contributed by atoms with E-state index in [1.165, 1.54) is 14.2 Å². The van der Waals surface area contributed by atoms with Crippen LogP contribution in [0.1, 0.15) is 36.7 Å². The van der Waals surface area contributed by atoms with Crippen molar-refractivity contribution >= 4 is 45.5 Å². The number of nitrogens with zero attached hydrogens (tertiary/aromatic N) is 1. The van der Waals surface area contributed by atoms with Gasteiger partial charge in [-0.1, -0.05) is 12.1 Å². The second-order valence-electron chi connectivity index (χ2n) is 5.43. The van der Waals surface area contributed by atoms with E-state index in [9.17, 15) is 14.9 Å². The molecule has 2 N–H and O–H groups in total. The minimum atomic E-state index is -0.540. The number of rotatable bonds is 4.